The Kier molecular flexibility index (Phi) is 4.43. The van der Waals surface area contributed by atoms with Gasteiger partial charge in [0.05, 0.1) is 6.61 Å². The molecule has 0 heterocycles. The highest BCUT2D eigenvalue weighted by Crippen LogP contribution is 2.11. The van der Waals surface area contributed by atoms with E-state index in [1.54, 1.807) is 12.1 Å². The Morgan fingerprint density at radius 1 is 1.29 bits per heavy atom. The first kappa shape index (κ1) is 11.0. The maximum atomic E-state index is 9.09. The minimum absolute atomic E-state index is 0.101. The van der Waals surface area contributed by atoms with Crippen LogP contribution in [0.1, 0.15) is 12.5 Å². The Morgan fingerprint density at radius 2 is 1.93 bits per heavy atom. The molecule has 1 unspecified atom stereocenters. The van der Waals surface area contributed by atoms with Crippen molar-refractivity contribution in [3.05, 3.63) is 29.8 Å². The molecule has 0 bridgehead atoms. The largest absolute Gasteiger partial charge is 0.508 e. The first-order chi connectivity index (χ1) is 6.76. The molecular formula is C11H17NO2. The molecule has 1 rings (SSSR count). The maximum absolute atomic E-state index is 9.09. The molecule has 0 aromatic heterocycles. The number of rotatable bonds is 5. The van der Waals surface area contributed by atoms with Crippen LogP contribution in [0, 0.1) is 0 Å². The highest BCUT2D eigenvalue weighted by molar-refractivity contribution is 5.26. The first-order valence-corrected chi connectivity index (χ1v) is 4.88. The van der Waals surface area contributed by atoms with Gasteiger partial charge in [-0.2, -0.15) is 0 Å². The van der Waals surface area contributed by atoms with Crippen LogP contribution in [-0.2, 0) is 6.42 Å². The van der Waals surface area contributed by atoms with Crippen LogP contribution >= 0.6 is 0 Å². The molecule has 0 aliphatic heterocycles. The standard InChI is InChI=1S/C11H17NO2/c1-2-12-10(8-13)7-9-3-5-11(14)6-4-9/h3-6,10,12-14H,2,7-8H2,1H3. The lowest BCUT2D eigenvalue weighted by Crippen LogP contribution is -2.34. The fraction of sp³-hybridized carbons (Fsp3) is 0.455. The number of aliphatic hydroxyl groups excluding tert-OH is 1. The average Bonchev–Trinajstić information content (AvgIpc) is 2.20. The van der Waals surface area contributed by atoms with Crippen LogP contribution in [0.4, 0.5) is 0 Å². The zero-order valence-electron chi connectivity index (χ0n) is 8.40. The van der Waals surface area contributed by atoms with Crippen LogP contribution in [0.3, 0.4) is 0 Å². The van der Waals surface area contributed by atoms with E-state index in [-0.39, 0.29) is 18.4 Å². The Morgan fingerprint density at radius 3 is 2.43 bits per heavy atom. The number of nitrogens with one attached hydrogen (secondary N) is 1. The van der Waals surface area contributed by atoms with Crippen molar-refractivity contribution in [1.29, 1.82) is 0 Å². The Balaban J connectivity index is 2.53. The molecule has 0 aliphatic rings. The Labute approximate surface area is 84.4 Å². The van der Waals surface area contributed by atoms with E-state index in [0.717, 1.165) is 18.5 Å². The number of hydrogen-bond donors (Lipinski definition) is 3. The third kappa shape index (κ3) is 3.36. The lowest BCUT2D eigenvalue weighted by Gasteiger charge is -2.14. The van der Waals surface area contributed by atoms with E-state index >= 15 is 0 Å². The van der Waals surface area contributed by atoms with Crippen LogP contribution < -0.4 is 5.32 Å². The van der Waals surface area contributed by atoms with Crippen molar-refractivity contribution in [1.82, 2.24) is 5.32 Å². The van der Waals surface area contributed by atoms with Crippen molar-refractivity contribution in [2.45, 2.75) is 19.4 Å². The molecule has 0 saturated carbocycles. The molecule has 1 atom stereocenters. The predicted octanol–water partition coefficient (Wildman–Crippen LogP) is 0.905. The van der Waals surface area contributed by atoms with Gasteiger partial charge in [0.2, 0.25) is 0 Å². The molecule has 0 radical (unpaired) electrons. The van der Waals surface area contributed by atoms with Crippen molar-refractivity contribution in [2.75, 3.05) is 13.2 Å². The lowest BCUT2D eigenvalue weighted by molar-refractivity contribution is 0.243. The summed E-state index contributed by atoms with van der Waals surface area (Å²) >= 11 is 0. The van der Waals surface area contributed by atoms with Gasteiger partial charge in [-0.3, -0.25) is 0 Å². The van der Waals surface area contributed by atoms with Crippen molar-refractivity contribution in [3.63, 3.8) is 0 Å². The second kappa shape index (κ2) is 5.62. The summed E-state index contributed by atoms with van der Waals surface area (Å²) in [5, 5.41) is 21.3. The fourth-order valence-corrected chi connectivity index (χ4v) is 1.41. The van der Waals surface area contributed by atoms with E-state index in [4.69, 9.17) is 10.2 Å². The van der Waals surface area contributed by atoms with Gasteiger partial charge in [0, 0.05) is 6.04 Å². The van der Waals surface area contributed by atoms with Gasteiger partial charge >= 0.3 is 0 Å². The molecule has 1 aromatic carbocycles. The number of aliphatic hydroxyl groups is 1. The number of phenolic OH excluding ortho intramolecular Hbond substituents is 1. The van der Waals surface area contributed by atoms with Gasteiger partial charge in [-0.25, -0.2) is 0 Å². The van der Waals surface area contributed by atoms with Crippen LogP contribution in [0.2, 0.25) is 0 Å². The van der Waals surface area contributed by atoms with Crippen molar-refractivity contribution in [3.8, 4) is 5.75 Å². The summed E-state index contributed by atoms with van der Waals surface area (Å²) in [5.41, 5.74) is 1.11. The molecule has 0 saturated heterocycles. The van der Waals surface area contributed by atoms with Crippen LogP contribution in [-0.4, -0.2) is 29.4 Å². The minimum atomic E-state index is 0.101. The molecule has 1 aromatic rings. The summed E-state index contributed by atoms with van der Waals surface area (Å²) in [6, 6.07) is 7.17. The van der Waals surface area contributed by atoms with E-state index in [0.29, 0.717) is 0 Å². The number of hydrogen-bond acceptors (Lipinski definition) is 3. The molecule has 0 fully saturated rings. The number of phenols is 1. The molecule has 3 nitrogen and oxygen atoms in total. The highest BCUT2D eigenvalue weighted by Gasteiger charge is 2.06. The van der Waals surface area contributed by atoms with Crippen LogP contribution in [0.5, 0.6) is 5.75 Å². The summed E-state index contributed by atoms with van der Waals surface area (Å²) in [4.78, 5) is 0. The zero-order chi connectivity index (χ0) is 10.4. The second-order valence-electron chi connectivity index (χ2n) is 3.31. The fourth-order valence-electron chi connectivity index (χ4n) is 1.41. The third-order valence-corrected chi connectivity index (χ3v) is 2.13. The molecule has 0 amide bonds. The molecule has 3 heteroatoms. The van der Waals surface area contributed by atoms with E-state index in [2.05, 4.69) is 5.32 Å². The summed E-state index contributed by atoms with van der Waals surface area (Å²) < 4.78 is 0. The van der Waals surface area contributed by atoms with Gasteiger partial charge in [-0.1, -0.05) is 19.1 Å². The van der Waals surface area contributed by atoms with Gasteiger partial charge < -0.3 is 15.5 Å². The van der Waals surface area contributed by atoms with Crippen molar-refractivity contribution < 1.29 is 10.2 Å². The van der Waals surface area contributed by atoms with Crippen LogP contribution in [0.15, 0.2) is 24.3 Å². The molecule has 78 valence electrons. The summed E-state index contributed by atoms with van der Waals surface area (Å²) in [6.07, 6.45) is 0.782. The summed E-state index contributed by atoms with van der Waals surface area (Å²) in [5.74, 6) is 0.276. The second-order valence-corrected chi connectivity index (χ2v) is 3.31. The molecule has 0 aliphatic carbocycles. The lowest BCUT2D eigenvalue weighted by atomic mass is 10.1. The predicted molar refractivity (Wildman–Crippen MR) is 56.4 cm³/mol. The average molecular weight is 195 g/mol. The van der Waals surface area contributed by atoms with Gasteiger partial charge in [0.15, 0.2) is 0 Å². The Hall–Kier alpha value is -1.06. The van der Waals surface area contributed by atoms with E-state index in [1.165, 1.54) is 0 Å². The Bertz CT molecular complexity index is 258. The molecule has 3 N–H and O–H groups in total. The molecule has 0 spiro atoms. The number of aromatic hydroxyl groups is 1. The highest BCUT2D eigenvalue weighted by atomic mass is 16.3. The summed E-state index contributed by atoms with van der Waals surface area (Å²) in [7, 11) is 0. The molecule has 14 heavy (non-hydrogen) atoms. The first-order valence-electron chi connectivity index (χ1n) is 4.88. The topological polar surface area (TPSA) is 52.5 Å². The van der Waals surface area contributed by atoms with Gasteiger partial charge in [0.25, 0.3) is 0 Å². The number of likely N-dealkylation sites (N-methyl/N-ethyl adjacent to an activating group) is 1. The van der Waals surface area contributed by atoms with Crippen molar-refractivity contribution >= 4 is 0 Å². The van der Waals surface area contributed by atoms with Gasteiger partial charge in [-0.15, -0.1) is 0 Å². The van der Waals surface area contributed by atoms with E-state index < -0.39 is 0 Å². The maximum Gasteiger partial charge on any atom is 0.115 e. The molecular weight excluding hydrogens is 178 g/mol. The quantitative estimate of drug-likeness (QED) is 0.654. The van der Waals surface area contributed by atoms with Crippen LogP contribution in [0.25, 0.3) is 0 Å². The normalized spacial score (nSPS) is 12.7. The monoisotopic (exact) mass is 195 g/mol. The van der Waals surface area contributed by atoms with E-state index in [9.17, 15) is 0 Å². The number of benzene rings is 1. The van der Waals surface area contributed by atoms with Gasteiger partial charge in [-0.05, 0) is 30.7 Å². The zero-order valence-corrected chi connectivity index (χ0v) is 8.40. The van der Waals surface area contributed by atoms with E-state index in [1.807, 2.05) is 19.1 Å². The SMILES string of the molecule is CCNC(CO)Cc1ccc(O)cc1. The van der Waals surface area contributed by atoms with Gasteiger partial charge in [0.1, 0.15) is 5.75 Å². The smallest absolute Gasteiger partial charge is 0.115 e. The third-order valence-electron chi connectivity index (χ3n) is 2.13. The minimum Gasteiger partial charge on any atom is -0.508 e. The van der Waals surface area contributed by atoms with Crippen molar-refractivity contribution in [2.24, 2.45) is 0 Å². The summed E-state index contributed by atoms with van der Waals surface area (Å²) in [6.45, 7) is 3.00.